The first-order valence-electron chi connectivity index (χ1n) is 6.91. The molecule has 0 unspecified atom stereocenters. The van der Waals surface area contributed by atoms with Gasteiger partial charge in [0, 0.05) is 43.3 Å². The Morgan fingerprint density at radius 1 is 1.40 bits per heavy atom. The molecule has 1 aliphatic heterocycles. The minimum atomic E-state index is 0.124. The van der Waals surface area contributed by atoms with E-state index in [0.717, 1.165) is 31.6 Å². The number of nitrogens with zero attached hydrogens (tertiary/aromatic N) is 3. The highest BCUT2D eigenvalue weighted by Crippen LogP contribution is 2.36. The van der Waals surface area contributed by atoms with Crippen LogP contribution in [0.1, 0.15) is 35.3 Å². The van der Waals surface area contributed by atoms with Crippen molar-refractivity contribution in [3.63, 3.8) is 0 Å². The normalized spacial score (nSPS) is 18.2. The first-order chi connectivity index (χ1) is 9.60. The van der Waals surface area contributed by atoms with Gasteiger partial charge in [0.05, 0.1) is 5.01 Å². The third-order valence-corrected chi connectivity index (χ3v) is 5.34. The lowest BCUT2D eigenvalue weighted by Crippen LogP contribution is -2.44. The van der Waals surface area contributed by atoms with Gasteiger partial charge in [0.25, 0.3) is 5.91 Å². The molecule has 1 aliphatic rings. The number of thiazole rings is 1. The molecule has 0 atom stereocenters. The van der Waals surface area contributed by atoms with Gasteiger partial charge in [-0.15, -0.1) is 11.3 Å². The molecule has 0 saturated carbocycles. The minimum absolute atomic E-state index is 0.124. The molecule has 0 spiro atoms. The lowest BCUT2D eigenvalue weighted by atomic mass is 9.81. The van der Waals surface area contributed by atoms with E-state index >= 15 is 0 Å². The largest absolute Gasteiger partial charge is 0.347 e. The molecule has 0 bridgehead atoms. The predicted molar refractivity (Wildman–Crippen MR) is 80.0 cm³/mol. The van der Waals surface area contributed by atoms with Crippen molar-refractivity contribution in [3.8, 4) is 0 Å². The monoisotopic (exact) mass is 289 g/mol. The van der Waals surface area contributed by atoms with E-state index in [9.17, 15) is 4.79 Å². The topological polar surface area (TPSA) is 38.1 Å². The van der Waals surface area contributed by atoms with E-state index in [1.807, 2.05) is 46.4 Å². The van der Waals surface area contributed by atoms with Crippen LogP contribution >= 0.6 is 11.3 Å². The zero-order valence-electron chi connectivity index (χ0n) is 11.9. The Morgan fingerprint density at radius 2 is 2.15 bits per heavy atom. The van der Waals surface area contributed by atoms with E-state index in [0.29, 0.717) is 0 Å². The van der Waals surface area contributed by atoms with Crippen molar-refractivity contribution < 1.29 is 4.79 Å². The van der Waals surface area contributed by atoms with Crippen LogP contribution in [0.5, 0.6) is 0 Å². The standard InChI is InChI=1S/C15H19N3OS/c1-15(14-16-7-11-20-14)5-9-18(10-6-15)13(19)12-4-3-8-17(12)2/h3-4,7-8,11H,5-6,9-10H2,1-2H3. The maximum Gasteiger partial charge on any atom is 0.270 e. The second-order valence-corrected chi connectivity index (χ2v) is 6.59. The van der Waals surface area contributed by atoms with Crippen molar-refractivity contribution in [1.29, 1.82) is 0 Å². The van der Waals surface area contributed by atoms with Crippen LogP contribution < -0.4 is 0 Å². The maximum absolute atomic E-state index is 12.5. The van der Waals surface area contributed by atoms with Crippen LogP contribution in [-0.4, -0.2) is 33.4 Å². The minimum Gasteiger partial charge on any atom is -0.347 e. The summed E-state index contributed by atoms with van der Waals surface area (Å²) >= 11 is 1.72. The van der Waals surface area contributed by atoms with Crippen molar-refractivity contribution in [2.24, 2.45) is 7.05 Å². The van der Waals surface area contributed by atoms with Gasteiger partial charge in [-0.05, 0) is 25.0 Å². The first kappa shape index (κ1) is 13.4. The van der Waals surface area contributed by atoms with Crippen LogP contribution in [0.2, 0.25) is 0 Å². The molecular formula is C15H19N3OS. The summed E-state index contributed by atoms with van der Waals surface area (Å²) in [7, 11) is 1.91. The summed E-state index contributed by atoms with van der Waals surface area (Å²) in [5, 5.41) is 3.23. The fourth-order valence-corrected chi connectivity index (χ4v) is 3.65. The zero-order valence-corrected chi connectivity index (χ0v) is 12.7. The van der Waals surface area contributed by atoms with Crippen molar-refractivity contribution >= 4 is 17.2 Å². The van der Waals surface area contributed by atoms with Crippen LogP contribution in [0.25, 0.3) is 0 Å². The molecule has 3 rings (SSSR count). The van der Waals surface area contributed by atoms with Crippen LogP contribution in [-0.2, 0) is 12.5 Å². The number of hydrogen-bond donors (Lipinski definition) is 0. The molecule has 0 N–H and O–H groups in total. The summed E-state index contributed by atoms with van der Waals surface area (Å²) in [6, 6.07) is 3.80. The number of aryl methyl sites for hydroxylation is 1. The molecule has 3 heterocycles. The smallest absolute Gasteiger partial charge is 0.270 e. The Morgan fingerprint density at radius 3 is 2.70 bits per heavy atom. The highest BCUT2D eigenvalue weighted by atomic mass is 32.1. The van der Waals surface area contributed by atoms with Gasteiger partial charge in [0.15, 0.2) is 0 Å². The van der Waals surface area contributed by atoms with E-state index in [-0.39, 0.29) is 11.3 Å². The van der Waals surface area contributed by atoms with Crippen LogP contribution in [0.4, 0.5) is 0 Å². The molecule has 0 aromatic carbocycles. The number of amides is 1. The molecule has 2 aromatic heterocycles. The number of hydrogen-bond acceptors (Lipinski definition) is 3. The summed E-state index contributed by atoms with van der Waals surface area (Å²) in [4.78, 5) is 18.9. The van der Waals surface area contributed by atoms with Gasteiger partial charge in [0.1, 0.15) is 5.69 Å². The van der Waals surface area contributed by atoms with Gasteiger partial charge >= 0.3 is 0 Å². The molecule has 5 heteroatoms. The molecule has 20 heavy (non-hydrogen) atoms. The number of piperidine rings is 1. The molecule has 106 valence electrons. The Kier molecular flexibility index (Phi) is 3.38. The fraction of sp³-hybridized carbons (Fsp3) is 0.467. The SMILES string of the molecule is Cn1cccc1C(=O)N1CCC(C)(c2nccs2)CC1. The van der Waals surface area contributed by atoms with E-state index in [2.05, 4.69) is 11.9 Å². The number of aromatic nitrogens is 2. The summed E-state index contributed by atoms with van der Waals surface area (Å²) < 4.78 is 1.89. The van der Waals surface area contributed by atoms with E-state index in [1.54, 1.807) is 11.3 Å². The molecule has 4 nitrogen and oxygen atoms in total. The van der Waals surface area contributed by atoms with Crippen LogP contribution in [0.3, 0.4) is 0 Å². The Labute approximate surface area is 123 Å². The van der Waals surface area contributed by atoms with Gasteiger partial charge in [-0.1, -0.05) is 6.92 Å². The number of likely N-dealkylation sites (tertiary alicyclic amines) is 1. The first-order valence-corrected chi connectivity index (χ1v) is 7.79. The summed E-state index contributed by atoms with van der Waals surface area (Å²) in [5.74, 6) is 0.138. The van der Waals surface area contributed by atoms with Crippen molar-refractivity contribution in [1.82, 2.24) is 14.5 Å². The van der Waals surface area contributed by atoms with E-state index in [4.69, 9.17) is 0 Å². The van der Waals surface area contributed by atoms with Gasteiger partial charge in [-0.2, -0.15) is 0 Å². The Balaban J connectivity index is 1.70. The van der Waals surface area contributed by atoms with Crippen molar-refractivity contribution in [2.75, 3.05) is 13.1 Å². The van der Waals surface area contributed by atoms with E-state index in [1.165, 1.54) is 5.01 Å². The predicted octanol–water partition coefficient (Wildman–Crippen LogP) is 2.68. The quantitative estimate of drug-likeness (QED) is 0.852. The molecule has 2 aromatic rings. The fourth-order valence-electron chi connectivity index (χ4n) is 2.78. The molecule has 1 amide bonds. The number of carbonyl (C=O) groups excluding carboxylic acids is 1. The molecular weight excluding hydrogens is 270 g/mol. The highest BCUT2D eigenvalue weighted by molar-refractivity contribution is 7.09. The molecule has 1 saturated heterocycles. The lowest BCUT2D eigenvalue weighted by molar-refractivity contribution is 0.0666. The Bertz CT molecular complexity index is 594. The van der Waals surface area contributed by atoms with Gasteiger partial charge < -0.3 is 9.47 Å². The van der Waals surface area contributed by atoms with E-state index < -0.39 is 0 Å². The maximum atomic E-state index is 12.5. The summed E-state index contributed by atoms with van der Waals surface area (Å²) in [6.07, 6.45) is 5.75. The molecule has 0 aliphatic carbocycles. The van der Waals surface area contributed by atoms with Crippen molar-refractivity contribution in [3.05, 3.63) is 40.6 Å². The van der Waals surface area contributed by atoms with Gasteiger partial charge in [0.2, 0.25) is 0 Å². The third-order valence-electron chi connectivity index (χ3n) is 4.27. The number of rotatable bonds is 2. The van der Waals surface area contributed by atoms with Gasteiger partial charge in [-0.3, -0.25) is 4.79 Å². The Hall–Kier alpha value is -1.62. The highest BCUT2D eigenvalue weighted by Gasteiger charge is 2.35. The zero-order chi connectivity index (χ0) is 14.2. The van der Waals surface area contributed by atoms with Crippen LogP contribution in [0, 0.1) is 0 Å². The second-order valence-electron chi connectivity index (χ2n) is 5.69. The average Bonchev–Trinajstić information content (AvgIpc) is 3.10. The summed E-state index contributed by atoms with van der Waals surface area (Å²) in [6.45, 7) is 3.87. The summed E-state index contributed by atoms with van der Waals surface area (Å²) in [5.41, 5.74) is 0.891. The number of carbonyl (C=O) groups is 1. The second kappa shape index (κ2) is 5.05. The average molecular weight is 289 g/mol. The van der Waals surface area contributed by atoms with Crippen molar-refractivity contribution in [2.45, 2.75) is 25.2 Å². The molecule has 1 fully saturated rings. The lowest BCUT2D eigenvalue weighted by Gasteiger charge is -2.38. The van der Waals surface area contributed by atoms with Gasteiger partial charge in [-0.25, -0.2) is 4.98 Å². The third kappa shape index (κ3) is 2.26. The van der Waals surface area contributed by atoms with Crippen LogP contribution in [0.15, 0.2) is 29.9 Å². The molecule has 0 radical (unpaired) electrons.